The Morgan fingerprint density at radius 3 is 2.58 bits per heavy atom. The lowest BCUT2D eigenvalue weighted by Gasteiger charge is -2.28. The van der Waals surface area contributed by atoms with Gasteiger partial charge in [-0.25, -0.2) is 0 Å². The molecule has 0 fully saturated rings. The van der Waals surface area contributed by atoms with Gasteiger partial charge in [0, 0.05) is 5.56 Å². The largest absolute Gasteiger partial charge is 0.494 e. The minimum Gasteiger partial charge on any atom is -0.494 e. The van der Waals surface area contributed by atoms with E-state index < -0.39 is 5.91 Å². The third-order valence-electron chi connectivity index (χ3n) is 4.45. The Balaban J connectivity index is 1.79. The third kappa shape index (κ3) is 2.29. The molecule has 26 heavy (non-hydrogen) atoms. The Labute approximate surface area is 152 Å². The summed E-state index contributed by atoms with van der Waals surface area (Å²) in [6.45, 7) is 6.64. The highest BCUT2D eigenvalue weighted by atomic mass is 16.8. The van der Waals surface area contributed by atoms with Crippen LogP contribution in [-0.2, 0) is 9.57 Å². The molecule has 2 aromatic rings. The molecule has 0 unspecified atom stereocenters. The zero-order valence-electron chi connectivity index (χ0n) is 15.0. The first-order valence-electron chi connectivity index (χ1n) is 8.69. The van der Waals surface area contributed by atoms with Crippen LogP contribution in [0.1, 0.15) is 35.3 Å². The second kappa shape index (κ2) is 6.14. The normalized spacial score (nSPS) is 20.5. The fourth-order valence-electron chi connectivity index (χ4n) is 3.34. The number of rotatable bonds is 5. The third-order valence-corrected chi connectivity index (χ3v) is 4.45. The van der Waals surface area contributed by atoms with E-state index in [2.05, 4.69) is 5.16 Å². The van der Waals surface area contributed by atoms with E-state index in [0.29, 0.717) is 24.6 Å². The van der Waals surface area contributed by atoms with Gasteiger partial charge < -0.3 is 14.3 Å². The molecule has 134 valence electrons. The van der Waals surface area contributed by atoms with Crippen molar-refractivity contribution in [3.63, 3.8) is 0 Å². The van der Waals surface area contributed by atoms with Crippen molar-refractivity contribution in [3.8, 4) is 5.75 Å². The van der Waals surface area contributed by atoms with Crippen molar-refractivity contribution in [2.24, 2.45) is 5.16 Å². The summed E-state index contributed by atoms with van der Waals surface area (Å²) in [6, 6.07) is 13.3. The highest BCUT2D eigenvalue weighted by Gasteiger charge is 2.61. The summed E-state index contributed by atoms with van der Waals surface area (Å²) < 4.78 is 11.3. The first-order valence-corrected chi connectivity index (χ1v) is 8.69. The molecule has 0 N–H and O–H groups in total. The van der Waals surface area contributed by atoms with Crippen LogP contribution in [0.4, 0.5) is 5.69 Å². The predicted molar refractivity (Wildman–Crippen MR) is 97.6 cm³/mol. The van der Waals surface area contributed by atoms with Gasteiger partial charge in [0.15, 0.2) is 5.84 Å². The van der Waals surface area contributed by atoms with Gasteiger partial charge in [-0.1, -0.05) is 16.8 Å². The van der Waals surface area contributed by atoms with E-state index in [1.54, 1.807) is 4.90 Å². The van der Waals surface area contributed by atoms with E-state index >= 15 is 0 Å². The first kappa shape index (κ1) is 16.6. The maximum Gasteiger partial charge on any atom is 0.390 e. The Bertz CT molecular complexity index is 891. The molecule has 0 aromatic heterocycles. The summed E-state index contributed by atoms with van der Waals surface area (Å²) in [4.78, 5) is 20.4. The SMILES string of the molecule is CCOc1ccc(C2=NO[C@]3(OCC)C(=O)c4cc(C)ccc4N23)cc1. The number of Topliss-reactive ketones (excluding diaryl/α,β-unsaturated/α-hetero) is 1. The molecule has 6 nitrogen and oxygen atoms in total. The number of nitrogens with zero attached hydrogens (tertiary/aromatic N) is 2. The standard InChI is InChI=1S/C20H20N2O4/c1-4-24-15-9-7-14(8-10-15)19-21-26-20(25-5-2)18(23)16-12-13(3)6-11-17(16)22(19)20/h6-12H,4-5H2,1-3H3/t20-/m1/s1. The van der Waals surface area contributed by atoms with Crippen LogP contribution in [0.3, 0.4) is 0 Å². The van der Waals surface area contributed by atoms with Crippen LogP contribution in [0, 0.1) is 6.92 Å². The Morgan fingerprint density at radius 2 is 1.88 bits per heavy atom. The van der Waals surface area contributed by atoms with Gasteiger partial charge in [0.25, 0.3) is 5.78 Å². The van der Waals surface area contributed by atoms with Gasteiger partial charge in [0.2, 0.25) is 0 Å². The maximum atomic E-state index is 13.1. The van der Waals surface area contributed by atoms with E-state index in [0.717, 1.165) is 22.6 Å². The van der Waals surface area contributed by atoms with E-state index in [9.17, 15) is 4.79 Å². The van der Waals surface area contributed by atoms with Crippen molar-refractivity contribution in [1.82, 2.24) is 0 Å². The topological polar surface area (TPSA) is 60.4 Å². The van der Waals surface area contributed by atoms with Crippen LogP contribution < -0.4 is 9.64 Å². The average molecular weight is 352 g/mol. The van der Waals surface area contributed by atoms with Crippen molar-refractivity contribution in [1.29, 1.82) is 0 Å². The van der Waals surface area contributed by atoms with E-state index in [4.69, 9.17) is 14.3 Å². The van der Waals surface area contributed by atoms with Gasteiger partial charge >= 0.3 is 5.91 Å². The molecule has 0 amide bonds. The molecule has 0 bridgehead atoms. The van der Waals surface area contributed by atoms with Gasteiger partial charge in [-0.15, -0.1) is 0 Å². The van der Waals surface area contributed by atoms with Gasteiger partial charge in [-0.2, -0.15) is 0 Å². The molecular weight excluding hydrogens is 332 g/mol. The lowest BCUT2D eigenvalue weighted by Crippen LogP contribution is -2.52. The van der Waals surface area contributed by atoms with Gasteiger partial charge in [-0.3, -0.25) is 9.69 Å². The molecule has 2 aromatic carbocycles. The van der Waals surface area contributed by atoms with Crippen LogP contribution in [-0.4, -0.2) is 30.7 Å². The smallest absolute Gasteiger partial charge is 0.390 e. The average Bonchev–Trinajstić information content (AvgIpc) is 3.12. The summed E-state index contributed by atoms with van der Waals surface area (Å²) in [5, 5.41) is 4.18. The number of aryl methyl sites for hydroxylation is 1. The van der Waals surface area contributed by atoms with Crippen molar-refractivity contribution < 1.29 is 19.1 Å². The number of oxime groups is 1. The van der Waals surface area contributed by atoms with Gasteiger partial charge in [0.05, 0.1) is 24.5 Å². The second-order valence-corrected chi connectivity index (χ2v) is 6.16. The van der Waals surface area contributed by atoms with Crippen LogP contribution in [0.2, 0.25) is 0 Å². The molecule has 0 radical (unpaired) electrons. The highest BCUT2D eigenvalue weighted by Crippen LogP contribution is 2.45. The summed E-state index contributed by atoms with van der Waals surface area (Å²) in [5.41, 5.74) is 3.14. The molecule has 0 aliphatic carbocycles. The highest BCUT2D eigenvalue weighted by molar-refractivity contribution is 6.24. The molecular formula is C20H20N2O4. The minimum absolute atomic E-state index is 0.234. The number of ether oxygens (including phenoxy) is 2. The number of anilines is 1. The molecule has 0 spiro atoms. The van der Waals surface area contributed by atoms with E-state index in [1.165, 1.54) is 0 Å². The Kier molecular flexibility index (Phi) is 3.92. The zero-order chi connectivity index (χ0) is 18.3. The summed E-state index contributed by atoms with van der Waals surface area (Å²) in [6.07, 6.45) is 0. The molecule has 1 atom stereocenters. The fraction of sp³-hybridized carbons (Fsp3) is 0.300. The maximum absolute atomic E-state index is 13.1. The molecule has 2 aliphatic rings. The number of amidine groups is 1. The lowest BCUT2D eigenvalue weighted by atomic mass is 10.1. The number of ketones is 1. The monoisotopic (exact) mass is 352 g/mol. The minimum atomic E-state index is -1.56. The van der Waals surface area contributed by atoms with Gasteiger partial charge in [0.1, 0.15) is 5.75 Å². The molecule has 4 rings (SSSR count). The summed E-state index contributed by atoms with van der Waals surface area (Å²) in [7, 11) is 0. The quantitative estimate of drug-likeness (QED) is 0.824. The van der Waals surface area contributed by atoms with Gasteiger partial charge in [-0.05, 0) is 57.2 Å². The van der Waals surface area contributed by atoms with Crippen molar-refractivity contribution in [2.75, 3.05) is 18.1 Å². The van der Waals surface area contributed by atoms with Crippen molar-refractivity contribution in [3.05, 3.63) is 59.2 Å². The lowest BCUT2D eigenvalue weighted by molar-refractivity contribution is -0.178. The van der Waals surface area contributed by atoms with Crippen LogP contribution in [0.15, 0.2) is 47.6 Å². The van der Waals surface area contributed by atoms with Crippen molar-refractivity contribution in [2.45, 2.75) is 26.7 Å². The molecule has 0 saturated heterocycles. The molecule has 0 saturated carbocycles. The van der Waals surface area contributed by atoms with E-state index in [1.807, 2.05) is 63.2 Å². The molecule has 6 heteroatoms. The first-order chi connectivity index (χ1) is 12.6. The number of carbonyl (C=O) groups is 1. The number of fused-ring (bicyclic) bond motifs is 3. The predicted octanol–water partition coefficient (Wildman–Crippen LogP) is 3.48. The van der Waals surface area contributed by atoms with Crippen LogP contribution in [0.5, 0.6) is 5.75 Å². The molecule has 2 heterocycles. The Hall–Kier alpha value is -2.86. The molecule has 2 aliphatic heterocycles. The second-order valence-electron chi connectivity index (χ2n) is 6.16. The number of benzene rings is 2. The number of hydrogen-bond acceptors (Lipinski definition) is 6. The Morgan fingerprint density at radius 1 is 1.12 bits per heavy atom. The summed E-state index contributed by atoms with van der Waals surface area (Å²) >= 11 is 0. The van der Waals surface area contributed by atoms with Crippen molar-refractivity contribution >= 4 is 17.3 Å². The number of carbonyl (C=O) groups excluding carboxylic acids is 1. The fourth-order valence-corrected chi connectivity index (χ4v) is 3.34. The van der Waals surface area contributed by atoms with Crippen LogP contribution >= 0.6 is 0 Å². The van der Waals surface area contributed by atoms with Crippen LogP contribution in [0.25, 0.3) is 0 Å². The number of hydrogen-bond donors (Lipinski definition) is 0. The van der Waals surface area contributed by atoms with E-state index in [-0.39, 0.29) is 5.78 Å². The zero-order valence-corrected chi connectivity index (χ0v) is 15.0. The summed E-state index contributed by atoms with van der Waals surface area (Å²) in [5.74, 6) is -0.473.